The number of allylic oxidation sites excluding steroid dienone is 2. The molecule has 0 aromatic heterocycles. The van der Waals surface area contributed by atoms with Gasteiger partial charge in [0.1, 0.15) is 17.2 Å². The fourth-order valence-electron chi connectivity index (χ4n) is 2.63. The van der Waals surface area contributed by atoms with E-state index in [0.717, 1.165) is 29.0 Å². The quantitative estimate of drug-likeness (QED) is 0.333. The van der Waals surface area contributed by atoms with Gasteiger partial charge in [0.2, 0.25) is 0 Å². The van der Waals surface area contributed by atoms with Crippen molar-refractivity contribution in [2.24, 2.45) is 0 Å². The maximum atomic E-state index is 12.5. The standard InChI is InChI=1S/C23H26O4/c1-5-7-18-15-19(23(26-4)16-22(18)25-3)10-13-21(24)17-8-11-20(12-9-17)27-14-6-2/h5,8-13,15-16H,1,6-7,14H2,2-4H3/b13-10+. The summed E-state index contributed by atoms with van der Waals surface area (Å²) in [6.45, 7) is 6.49. The zero-order chi connectivity index (χ0) is 19.6. The molecule has 0 unspecified atom stereocenters. The first kappa shape index (κ1) is 20.3. The second-order valence-electron chi connectivity index (χ2n) is 5.97. The highest BCUT2D eigenvalue weighted by Gasteiger charge is 2.10. The number of carbonyl (C=O) groups excluding carboxylic acids is 1. The predicted molar refractivity (Wildman–Crippen MR) is 109 cm³/mol. The number of rotatable bonds is 10. The molecule has 2 aromatic rings. The van der Waals surface area contributed by atoms with Crippen molar-refractivity contribution in [3.05, 3.63) is 71.8 Å². The van der Waals surface area contributed by atoms with Crippen LogP contribution in [-0.4, -0.2) is 26.6 Å². The van der Waals surface area contributed by atoms with E-state index < -0.39 is 0 Å². The number of ether oxygens (including phenoxy) is 3. The second kappa shape index (κ2) is 10.2. The fourth-order valence-corrected chi connectivity index (χ4v) is 2.63. The number of hydrogen-bond donors (Lipinski definition) is 0. The molecule has 0 bridgehead atoms. The van der Waals surface area contributed by atoms with Gasteiger partial charge in [0.05, 0.1) is 20.8 Å². The van der Waals surface area contributed by atoms with E-state index >= 15 is 0 Å². The molecule has 0 amide bonds. The first-order valence-corrected chi connectivity index (χ1v) is 8.94. The van der Waals surface area contributed by atoms with Crippen LogP contribution in [0.15, 0.2) is 55.1 Å². The molecule has 2 aromatic carbocycles. The van der Waals surface area contributed by atoms with Crippen molar-refractivity contribution in [1.82, 2.24) is 0 Å². The van der Waals surface area contributed by atoms with E-state index in [0.29, 0.717) is 24.3 Å². The van der Waals surface area contributed by atoms with Gasteiger partial charge in [0, 0.05) is 17.2 Å². The van der Waals surface area contributed by atoms with Gasteiger partial charge in [-0.2, -0.15) is 0 Å². The number of hydrogen-bond acceptors (Lipinski definition) is 4. The first-order valence-electron chi connectivity index (χ1n) is 8.94. The SMILES string of the molecule is C=CCc1cc(/C=C/C(=O)c2ccc(OCCC)cc2)c(OC)cc1OC. The monoisotopic (exact) mass is 366 g/mol. The summed E-state index contributed by atoms with van der Waals surface area (Å²) < 4.78 is 16.4. The molecule has 0 N–H and O–H groups in total. The van der Waals surface area contributed by atoms with E-state index in [1.165, 1.54) is 0 Å². The lowest BCUT2D eigenvalue weighted by atomic mass is 10.0. The van der Waals surface area contributed by atoms with Gasteiger partial charge in [0.15, 0.2) is 5.78 Å². The van der Waals surface area contributed by atoms with Crippen LogP contribution in [0.5, 0.6) is 17.2 Å². The molecule has 0 heterocycles. The van der Waals surface area contributed by atoms with Crippen molar-refractivity contribution in [1.29, 1.82) is 0 Å². The summed E-state index contributed by atoms with van der Waals surface area (Å²) in [5, 5.41) is 0. The summed E-state index contributed by atoms with van der Waals surface area (Å²) in [7, 11) is 3.21. The topological polar surface area (TPSA) is 44.8 Å². The lowest BCUT2D eigenvalue weighted by Crippen LogP contribution is -1.98. The molecule has 0 aliphatic carbocycles. The molecule has 0 aliphatic heterocycles. The first-order chi connectivity index (χ1) is 13.1. The Morgan fingerprint density at radius 2 is 1.78 bits per heavy atom. The third kappa shape index (κ3) is 5.48. The Hall–Kier alpha value is -3.01. The van der Waals surface area contributed by atoms with E-state index in [1.54, 1.807) is 38.5 Å². The van der Waals surface area contributed by atoms with E-state index in [1.807, 2.05) is 30.3 Å². The van der Waals surface area contributed by atoms with Crippen LogP contribution in [0.25, 0.3) is 6.08 Å². The molecule has 27 heavy (non-hydrogen) atoms. The van der Waals surface area contributed by atoms with Crippen LogP contribution in [0.3, 0.4) is 0 Å². The average molecular weight is 366 g/mol. The lowest BCUT2D eigenvalue weighted by molar-refractivity contribution is 0.104. The Balaban J connectivity index is 2.21. The van der Waals surface area contributed by atoms with Crippen LogP contribution in [0.1, 0.15) is 34.8 Å². The largest absolute Gasteiger partial charge is 0.496 e. The highest BCUT2D eigenvalue weighted by atomic mass is 16.5. The molecule has 142 valence electrons. The molecule has 0 saturated carbocycles. The zero-order valence-corrected chi connectivity index (χ0v) is 16.2. The van der Waals surface area contributed by atoms with Crippen LogP contribution >= 0.6 is 0 Å². The van der Waals surface area contributed by atoms with Crippen molar-refractivity contribution in [2.75, 3.05) is 20.8 Å². The highest BCUT2D eigenvalue weighted by Crippen LogP contribution is 2.30. The van der Waals surface area contributed by atoms with Gasteiger partial charge >= 0.3 is 0 Å². The van der Waals surface area contributed by atoms with Crippen molar-refractivity contribution in [3.8, 4) is 17.2 Å². The minimum atomic E-state index is -0.0832. The number of ketones is 1. The second-order valence-corrected chi connectivity index (χ2v) is 5.97. The van der Waals surface area contributed by atoms with Gasteiger partial charge in [-0.3, -0.25) is 4.79 Å². The molecule has 4 nitrogen and oxygen atoms in total. The molecule has 0 spiro atoms. The van der Waals surface area contributed by atoms with Gasteiger partial charge in [-0.1, -0.05) is 13.0 Å². The summed E-state index contributed by atoms with van der Waals surface area (Å²) in [6.07, 6.45) is 6.73. The number of carbonyl (C=O) groups is 1. The van der Waals surface area contributed by atoms with Crippen LogP contribution in [0.2, 0.25) is 0 Å². The highest BCUT2D eigenvalue weighted by molar-refractivity contribution is 6.07. The van der Waals surface area contributed by atoms with E-state index in [2.05, 4.69) is 13.5 Å². The molecular formula is C23H26O4. The van der Waals surface area contributed by atoms with Crippen molar-refractivity contribution < 1.29 is 19.0 Å². The fraction of sp³-hybridized carbons (Fsp3) is 0.261. The van der Waals surface area contributed by atoms with Gasteiger partial charge < -0.3 is 14.2 Å². The molecule has 0 radical (unpaired) electrons. The lowest BCUT2D eigenvalue weighted by Gasteiger charge is -2.12. The van der Waals surface area contributed by atoms with Crippen molar-refractivity contribution >= 4 is 11.9 Å². The summed E-state index contributed by atoms with van der Waals surface area (Å²) in [5.74, 6) is 2.06. The van der Waals surface area contributed by atoms with Crippen LogP contribution in [-0.2, 0) is 6.42 Å². The Bertz CT molecular complexity index is 804. The molecule has 0 atom stereocenters. The maximum Gasteiger partial charge on any atom is 0.185 e. The summed E-state index contributed by atoms with van der Waals surface area (Å²) in [6, 6.07) is 10.9. The molecule has 2 rings (SSSR count). The number of methoxy groups -OCH3 is 2. The molecular weight excluding hydrogens is 340 g/mol. The van der Waals surface area contributed by atoms with Crippen LogP contribution in [0, 0.1) is 0 Å². The average Bonchev–Trinajstić information content (AvgIpc) is 2.71. The van der Waals surface area contributed by atoms with Crippen LogP contribution < -0.4 is 14.2 Å². The Kier molecular flexibility index (Phi) is 7.68. The molecule has 0 fully saturated rings. The van der Waals surface area contributed by atoms with Gasteiger partial charge in [0.25, 0.3) is 0 Å². The van der Waals surface area contributed by atoms with Crippen molar-refractivity contribution in [3.63, 3.8) is 0 Å². The minimum absolute atomic E-state index is 0.0832. The smallest absolute Gasteiger partial charge is 0.185 e. The molecule has 0 saturated heterocycles. The van der Waals surface area contributed by atoms with Gasteiger partial charge in [-0.25, -0.2) is 0 Å². The van der Waals surface area contributed by atoms with Crippen molar-refractivity contribution in [2.45, 2.75) is 19.8 Å². The third-order valence-electron chi connectivity index (χ3n) is 4.02. The number of benzene rings is 2. The van der Waals surface area contributed by atoms with E-state index in [9.17, 15) is 4.79 Å². The van der Waals surface area contributed by atoms with E-state index in [4.69, 9.17) is 14.2 Å². The van der Waals surface area contributed by atoms with Gasteiger partial charge in [-0.05, 0) is 60.9 Å². The minimum Gasteiger partial charge on any atom is -0.496 e. The molecule has 4 heteroatoms. The molecule has 0 aliphatic rings. The van der Waals surface area contributed by atoms with Gasteiger partial charge in [-0.15, -0.1) is 6.58 Å². The Morgan fingerprint density at radius 3 is 2.37 bits per heavy atom. The Morgan fingerprint density at radius 1 is 1.07 bits per heavy atom. The normalized spacial score (nSPS) is 10.6. The maximum absolute atomic E-state index is 12.5. The summed E-state index contributed by atoms with van der Waals surface area (Å²) in [4.78, 5) is 12.5. The Labute approximate surface area is 161 Å². The van der Waals surface area contributed by atoms with E-state index in [-0.39, 0.29) is 5.78 Å². The zero-order valence-electron chi connectivity index (χ0n) is 16.2. The van der Waals surface area contributed by atoms with Crippen LogP contribution in [0.4, 0.5) is 0 Å². The summed E-state index contributed by atoms with van der Waals surface area (Å²) >= 11 is 0. The third-order valence-corrected chi connectivity index (χ3v) is 4.02. The predicted octanol–water partition coefficient (Wildman–Crippen LogP) is 5.12. The summed E-state index contributed by atoms with van der Waals surface area (Å²) in [5.41, 5.74) is 2.40.